The molecule has 1 aliphatic rings. The molecule has 1 aromatic rings. The van der Waals surface area contributed by atoms with Crippen LogP contribution in [-0.4, -0.2) is 24.3 Å². The van der Waals surface area contributed by atoms with Crippen molar-refractivity contribution < 1.29 is 19.4 Å². The van der Waals surface area contributed by atoms with Gasteiger partial charge in [0.25, 0.3) is 0 Å². The van der Waals surface area contributed by atoms with E-state index in [0.717, 1.165) is 5.56 Å². The van der Waals surface area contributed by atoms with Crippen molar-refractivity contribution in [3.63, 3.8) is 0 Å². The van der Waals surface area contributed by atoms with Crippen LogP contribution in [0.5, 0.6) is 11.5 Å². The van der Waals surface area contributed by atoms with Crippen LogP contribution >= 0.6 is 0 Å². The lowest BCUT2D eigenvalue weighted by Gasteiger charge is -2.19. The summed E-state index contributed by atoms with van der Waals surface area (Å²) in [5.74, 6) is 0.498. The highest BCUT2D eigenvalue weighted by Gasteiger charge is 2.26. The first-order valence-corrected chi connectivity index (χ1v) is 4.27. The number of ether oxygens (including phenoxy) is 2. The summed E-state index contributed by atoms with van der Waals surface area (Å²) >= 11 is 0. The van der Waals surface area contributed by atoms with E-state index in [4.69, 9.17) is 9.47 Å². The van der Waals surface area contributed by atoms with Crippen molar-refractivity contribution in [3.05, 3.63) is 23.8 Å². The van der Waals surface area contributed by atoms with Crippen molar-refractivity contribution in [2.75, 3.05) is 7.11 Å². The average molecular weight is 194 g/mol. The van der Waals surface area contributed by atoms with Crippen LogP contribution in [0.2, 0.25) is 0 Å². The fourth-order valence-electron chi connectivity index (χ4n) is 1.39. The molecule has 1 aliphatic heterocycles. The SMILES string of the molecule is COc1ccc2c(c1)OC(=O)C(O)C2. The molecule has 1 N–H and O–H groups in total. The number of carbonyl (C=O) groups is 1. The highest BCUT2D eigenvalue weighted by Crippen LogP contribution is 2.29. The summed E-state index contributed by atoms with van der Waals surface area (Å²) in [7, 11) is 1.54. The minimum atomic E-state index is -1.05. The van der Waals surface area contributed by atoms with Crippen LogP contribution in [0.4, 0.5) is 0 Å². The second kappa shape index (κ2) is 3.31. The van der Waals surface area contributed by atoms with Crippen molar-refractivity contribution >= 4 is 5.97 Å². The van der Waals surface area contributed by atoms with Gasteiger partial charge in [0.2, 0.25) is 0 Å². The van der Waals surface area contributed by atoms with E-state index < -0.39 is 12.1 Å². The predicted molar refractivity (Wildman–Crippen MR) is 48.3 cm³/mol. The third-order valence-electron chi connectivity index (χ3n) is 2.17. The number of aliphatic hydroxyl groups excluding tert-OH is 1. The Bertz CT molecular complexity index is 372. The molecule has 1 atom stereocenters. The fraction of sp³-hybridized carbons (Fsp3) is 0.300. The lowest BCUT2D eigenvalue weighted by atomic mass is 10.0. The van der Waals surface area contributed by atoms with E-state index in [0.29, 0.717) is 17.9 Å². The predicted octanol–water partition coefficient (Wildman–Crippen LogP) is 0.518. The van der Waals surface area contributed by atoms with Gasteiger partial charge in [0.05, 0.1) is 7.11 Å². The quantitative estimate of drug-likeness (QED) is 0.523. The maximum Gasteiger partial charge on any atom is 0.340 e. The first kappa shape index (κ1) is 9.02. The van der Waals surface area contributed by atoms with Gasteiger partial charge in [-0.05, 0) is 11.6 Å². The minimum Gasteiger partial charge on any atom is -0.497 e. The Labute approximate surface area is 81.1 Å². The number of aliphatic hydroxyl groups is 1. The molecule has 0 aromatic heterocycles. The molecule has 0 amide bonds. The lowest BCUT2D eigenvalue weighted by molar-refractivity contribution is -0.145. The molecule has 1 unspecified atom stereocenters. The molecule has 74 valence electrons. The number of hydrogen-bond donors (Lipinski definition) is 1. The minimum absolute atomic E-state index is 0.304. The maximum atomic E-state index is 11.0. The molecule has 1 heterocycles. The number of esters is 1. The van der Waals surface area contributed by atoms with Crippen LogP contribution in [0.15, 0.2) is 18.2 Å². The fourth-order valence-corrected chi connectivity index (χ4v) is 1.39. The number of hydrogen-bond acceptors (Lipinski definition) is 4. The molecule has 14 heavy (non-hydrogen) atoms. The van der Waals surface area contributed by atoms with E-state index in [2.05, 4.69) is 0 Å². The number of rotatable bonds is 1. The second-order valence-corrected chi connectivity index (χ2v) is 3.11. The van der Waals surface area contributed by atoms with Gasteiger partial charge < -0.3 is 14.6 Å². The maximum absolute atomic E-state index is 11.0. The van der Waals surface area contributed by atoms with Crippen molar-refractivity contribution in [3.8, 4) is 11.5 Å². The third kappa shape index (κ3) is 1.44. The summed E-state index contributed by atoms with van der Waals surface area (Å²) < 4.78 is 9.91. The van der Waals surface area contributed by atoms with E-state index in [1.54, 1.807) is 25.3 Å². The molecule has 1 aromatic carbocycles. The van der Waals surface area contributed by atoms with E-state index in [-0.39, 0.29) is 0 Å². The van der Waals surface area contributed by atoms with Crippen molar-refractivity contribution in [2.24, 2.45) is 0 Å². The van der Waals surface area contributed by atoms with Crippen molar-refractivity contribution in [1.82, 2.24) is 0 Å². The van der Waals surface area contributed by atoms with Crippen LogP contribution in [-0.2, 0) is 11.2 Å². The molecule has 0 bridgehead atoms. The molecule has 2 rings (SSSR count). The van der Waals surface area contributed by atoms with Gasteiger partial charge in [-0.3, -0.25) is 0 Å². The number of carbonyl (C=O) groups excluding carboxylic acids is 1. The zero-order chi connectivity index (χ0) is 10.1. The Balaban J connectivity index is 2.37. The van der Waals surface area contributed by atoms with Crippen LogP contribution in [0.1, 0.15) is 5.56 Å². The van der Waals surface area contributed by atoms with E-state index in [9.17, 15) is 9.90 Å². The first-order valence-electron chi connectivity index (χ1n) is 4.27. The average Bonchev–Trinajstić information content (AvgIpc) is 2.19. The number of fused-ring (bicyclic) bond motifs is 1. The molecule has 0 saturated heterocycles. The van der Waals surface area contributed by atoms with Gasteiger partial charge in [-0.1, -0.05) is 6.07 Å². The van der Waals surface area contributed by atoms with E-state index >= 15 is 0 Å². The van der Waals surface area contributed by atoms with Gasteiger partial charge in [-0.2, -0.15) is 0 Å². The van der Waals surface area contributed by atoms with E-state index in [1.165, 1.54) is 0 Å². The molecular formula is C10H10O4. The van der Waals surface area contributed by atoms with Gasteiger partial charge in [0.1, 0.15) is 11.5 Å². The summed E-state index contributed by atoms with van der Waals surface area (Å²) in [5, 5.41) is 9.25. The highest BCUT2D eigenvalue weighted by atomic mass is 16.6. The molecule has 0 radical (unpaired) electrons. The Morgan fingerprint density at radius 3 is 3.07 bits per heavy atom. The molecule has 0 spiro atoms. The third-order valence-corrected chi connectivity index (χ3v) is 2.17. The zero-order valence-corrected chi connectivity index (χ0v) is 7.69. The van der Waals surface area contributed by atoms with Crippen LogP contribution < -0.4 is 9.47 Å². The molecular weight excluding hydrogens is 184 g/mol. The summed E-state index contributed by atoms with van der Waals surface area (Å²) in [6, 6.07) is 5.19. The summed E-state index contributed by atoms with van der Waals surface area (Å²) in [6.45, 7) is 0. The largest absolute Gasteiger partial charge is 0.497 e. The smallest absolute Gasteiger partial charge is 0.340 e. The number of benzene rings is 1. The normalized spacial score (nSPS) is 19.9. The molecule has 0 saturated carbocycles. The molecule has 4 nitrogen and oxygen atoms in total. The Kier molecular flexibility index (Phi) is 2.13. The van der Waals surface area contributed by atoms with E-state index in [1.807, 2.05) is 0 Å². The molecule has 0 aliphatic carbocycles. The van der Waals surface area contributed by atoms with Gasteiger partial charge in [0, 0.05) is 12.5 Å². The standard InChI is InChI=1S/C10H10O4/c1-13-7-3-2-6-4-8(11)10(12)14-9(6)5-7/h2-3,5,8,11H,4H2,1H3. The Hall–Kier alpha value is -1.55. The summed E-state index contributed by atoms with van der Waals surface area (Å²) in [6.07, 6.45) is -0.742. The zero-order valence-electron chi connectivity index (χ0n) is 7.69. The summed E-state index contributed by atoms with van der Waals surface area (Å²) in [4.78, 5) is 11.0. The Morgan fingerprint density at radius 2 is 2.36 bits per heavy atom. The lowest BCUT2D eigenvalue weighted by Crippen LogP contribution is -2.32. The van der Waals surface area contributed by atoms with Gasteiger partial charge in [0.15, 0.2) is 6.10 Å². The molecule has 0 fully saturated rings. The Morgan fingerprint density at radius 1 is 1.57 bits per heavy atom. The van der Waals surface area contributed by atoms with Crippen molar-refractivity contribution in [2.45, 2.75) is 12.5 Å². The monoisotopic (exact) mass is 194 g/mol. The van der Waals surface area contributed by atoms with Gasteiger partial charge in [-0.15, -0.1) is 0 Å². The topological polar surface area (TPSA) is 55.8 Å². The first-order chi connectivity index (χ1) is 6.70. The van der Waals surface area contributed by atoms with Crippen LogP contribution in [0.25, 0.3) is 0 Å². The number of methoxy groups -OCH3 is 1. The summed E-state index contributed by atoms with van der Waals surface area (Å²) in [5.41, 5.74) is 0.818. The van der Waals surface area contributed by atoms with Gasteiger partial charge >= 0.3 is 5.97 Å². The van der Waals surface area contributed by atoms with Crippen LogP contribution in [0.3, 0.4) is 0 Å². The highest BCUT2D eigenvalue weighted by molar-refractivity contribution is 5.80. The second-order valence-electron chi connectivity index (χ2n) is 3.11. The van der Waals surface area contributed by atoms with Crippen LogP contribution in [0, 0.1) is 0 Å². The van der Waals surface area contributed by atoms with Crippen molar-refractivity contribution in [1.29, 1.82) is 0 Å². The van der Waals surface area contributed by atoms with Gasteiger partial charge in [-0.25, -0.2) is 4.79 Å². The molecule has 4 heteroatoms.